The van der Waals surface area contributed by atoms with Gasteiger partial charge < -0.3 is 25.4 Å². The van der Waals surface area contributed by atoms with E-state index in [-0.39, 0.29) is 5.82 Å². The smallest absolute Gasteiger partial charge is 0.351 e. The number of ether oxygens (including phenoxy) is 2. The van der Waals surface area contributed by atoms with Gasteiger partial charge in [0.05, 0.1) is 10.7 Å². The number of aliphatic hydroxyl groups excluding tert-OH is 2. The number of aliphatic hydroxyl groups is 2. The highest BCUT2D eigenvalue weighted by atomic mass is 16.6. The number of nitrogen functional groups attached to an aromatic ring is 1. The number of hydrogen-bond donors (Lipinski definition) is 3. The second-order valence-corrected chi connectivity index (χ2v) is 3.86. The molecule has 1 aliphatic heterocycles. The number of rotatable bonds is 3. The Balaban J connectivity index is 2.36. The van der Waals surface area contributed by atoms with Crippen LogP contribution in [0.25, 0.3) is 0 Å². The summed E-state index contributed by atoms with van der Waals surface area (Å²) in [4.78, 5) is 15.3. The first-order valence-electron chi connectivity index (χ1n) is 6.70. The van der Waals surface area contributed by atoms with Gasteiger partial charge in [-0.2, -0.15) is 4.98 Å². The summed E-state index contributed by atoms with van der Waals surface area (Å²) < 4.78 is 32.4. The second kappa shape index (κ2) is 5.02. The molecule has 0 aliphatic carbocycles. The molecule has 4 N–H and O–H groups in total. The predicted molar refractivity (Wildman–Crippen MR) is 60.7 cm³/mol. The van der Waals surface area contributed by atoms with Crippen LogP contribution in [0.2, 0.25) is 0 Å². The Morgan fingerprint density at radius 3 is 3.17 bits per heavy atom. The topological polar surface area (TPSA) is 120 Å². The summed E-state index contributed by atoms with van der Waals surface area (Å²) in [6.45, 7) is -0.560. The number of nitrogens with two attached hydrogens (primary N) is 1. The first-order chi connectivity index (χ1) is 9.73. The van der Waals surface area contributed by atoms with E-state index in [1.54, 1.807) is 0 Å². The maximum atomic E-state index is 11.8. The van der Waals surface area contributed by atoms with Crippen molar-refractivity contribution in [3.8, 4) is 0 Å². The summed E-state index contributed by atoms with van der Waals surface area (Å²) in [7, 11) is -2.80. The number of methoxy groups -OCH3 is 1. The standard InChI is InChI=1S/C10H15N3O5/c1-17-8-7(15)5(4-14)18-9(8)13-3-2-6(11)12-10(13)16/h2-3,5,7-9,14-15H,4H2,1H3,(H2,11,12,16)/t5-,7-,8-,9-/m1/s1/i1D3. The molecule has 0 aromatic carbocycles. The highest BCUT2D eigenvalue weighted by molar-refractivity contribution is 5.23. The summed E-state index contributed by atoms with van der Waals surface area (Å²) in [5.41, 5.74) is 4.58. The molecule has 18 heavy (non-hydrogen) atoms. The van der Waals surface area contributed by atoms with Gasteiger partial charge in [-0.15, -0.1) is 0 Å². The third-order valence-corrected chi connectivity index (χ3v) is 2.75. The highest BCUT2D eigenvalue weighted by Crippen LogP contribution is 2.30. The van der Waals surface area contributed by atoms with Gasteiger partial charge in [-0.05, 0) is 6.07 Å². The van der Waals surface area contributed by atoms with Crippen LogP contribution in [0.5, 0.6) is 0 Å². The Morgan fingerprint density at radius 1 is 1.78 bits per heavy atom. The fraction of sp³-hybridized carbons (Fsp3) is 0.600. The maximum Gasteiger partial charge on any atom is 0.351 e. The first kappa shape index (κ1) is 9.45. The summed E-state index contributed by atoms with van der Waals surface area (Å²) in [5.74, 6) is -0.0122. The molecule has 2 heterocycles. The number of aromatic nitrogens is 2. The maximum absolute atomic E-state index is 11.8. The minimum absolute atomic E-state index is 0.0122. The molecule has 1 aromatic heterocycles. The molecule has 1 fully saturated rings. The van der Waals surface area contributed by atoms with Crippen LogP contribution in [0.3, 0.4) is 0 Å². The molecule has 100 valence electrons. The van der Waals surface area contributed by atoms with Crippen LogP contribution < -0.4 is 11.4 Å². The van der Waals surface area contributed by atoms with E-state index in [0.717, 1.165) is 4.57 Å². The van der Waals surface area contributed by atoms with Crippen LogP contribution in [0.1, 0.15) is 10.3 Å². The Kier molecular flexibility index (Phi) is 2.64. The molecule has 8 nitrogen and oxygen atoms in total. The molecule has 0 spiro atoms. The van der Waals surface area contributed by atoms with Crippen molar-refractivity contribution in [3.63, 3.8) is 0 Å². The zero-order valence-electron chi connectivity index (χ0n) is 12.3. The van der Waals surface area contributed by atoms with Gasteiger partial charge in [0, 0.05) is 13.2 Å². The molecule has 0 radical (unpaired) electrons. The summed E-state index contributed by atoms with van der Waals surface area (Å²) in [6.07, 6.45) is -3.84. The van der Waals surface area contributed by atoms with E-state index >= 15 is 0 Å². The third-order valence-electron chi connectivity index (χ3n) is 2.75. The highest BCUT2D eigenvalue weighted by Gasteiger charge is 2.45. The van der Waals surface area contributed by atoms with Crippen molar-refractivity contribution in [2.75, 3.05) is 19.4 Å². The molecule has 1 aromatic rings. The number of hydrogen-bond acceptors (Lipinski definition) is 7. The summed E-state index contributed by atoms with van der Waals surface area (Å²) >= 11 is 0. The molecule has 0 saturated carbocycles. The van der Waals surface area contributed by atoms with Crippen molar-refractivity contribution in [2.24, 2.45) is 0 Å². The van der Waals surface area contributed by atoms with Crippen molar-refractivity contribution in [1.82, 2.24) is 9.55 Å². The van der Waals surface area contributed by atoms with Gasteiger partial charge in [-0.1, -0.05) is 0 Å². The molecular weight excluding hydrogens is 242 g/mol. The van der Waals surface area contributed by atoms with Crippen LogP contribution in [0.15, 0.2) is 17.1 Å². The monoisotopic (exact) mass is 260 g/mol. The van der Waals surface area contributed by atoms with E-state index < -0.39 is 43.9 Å². The summed E-state index contributed by atoms with van der Waals surface area (Å²) in [5, 5.41) is 19.1. The Morgan fingerprint density at radius 2 is 2.56 bits per heavy atom. The van der Waals surface area contributed by atoms with Gasteiger partial charge in [0.1, 0.15) is 24.1 Å². The minimum Gasteiger partial charge on any atom is -0.394 e. The lowest BCUT2D eigenvalue weighted by Crippen LogP contribution is -2.37. The lowest BCUT2D eigenvalue weighted by atomic mass is 10.1. The fourth-order valence-corrected chi connectivity index (χ4v) is 1.84. The van der Waals surface area contributed by atoms with Gasteiger partial charge >= 0.3 is 5.69 Å². The summed E-state index contributed by atoms with van der Waals surface area (Å²) in [6, 6.07) is 1.32. The van der Waals surface area contributed by atoms with Crippen LogP contribution in [0, 0.1) is 0 Å². The molecule has 1 saturated heterocycles. The van der Waals surface area contributed by atoms with Gasteiger partial charge in [0.15, 0.2) is 6.23 Å². The molecule has 8 heteroatoms. The fourth-order valence-electron chi connectivity index (χ4n) is 1.84. The molecule has 0 unspecified atom stereocenters. The normalized spacial score (nSPS) is 34.9. The van der Waals surface area contributed by atoms with Crippen LogP contribution in [-0.4, -0.2) is 51.7 Å². The molecular formula is C10H15N3O5. The predicted octanol–water partition coefficient (Wildman–Crippen LogP) is -1.91. The molecule has 0 amide bonds. The largest absolute Gasteiger partial charge is 0.394 e. The van der Waals surface area contributed by atoms with E-state index in [0.29, 0.717) is 0 Å². The van der Waals surface area contributed by atoms with E-state index in [4.69, 9.17) is 24.4 Å². The zero-order valence-corrected chi connectivity index (χ0v) is 9.26. The lowest BCUT2D eigenvalue weighted by molar-refractivity contribution is -0.0624. The molecule has 1 aliphatic rings. The average molecular weight is 260 g/mol. The van der Waals surface area contributed by atoms with Gasteiger partial charge in [0.25, 0.3) is 0 Å². The van der Waals surface area contributed by atoms with Gasteiger partial charge in [0.2, 0.25) is 0 Å². The van der Waals surface area contributed by atoms with Crippen LogP contribution >= 0.6 is 0 Å². The van der Waals surface area contributed by atoms with E-state index in [1.807, 2.05) is 0 Å². The second-order valence-electron chi connectivity index (χ2n) is 3.86. The molecule has 4 atom stereocenters. The van der Waals surface area contributed by atoms with Gasteiger partial charge in [-0.3, -0.25) is 4.57 Å². The first-order valence-corrected chi connectivity index (χ1v) is 5.20. The Labute approximate surface area is 107 Å². The van der Waals surface area contributed by atoms with Crippen molar-refractivity contribution in [1.29, 1.82) is 0 Å². The lowest BCUT2D eigenvalue weighted by Gasteiger charge is -2.20. The SMILES string of the molecule is [2H]C([2H])([2H])O[C@@H]1[C@H](O)[C@@H](CO)O[C@H]1n1ccc(N)nc1=O. The van der Waals surface area contributed by atoms with Crippen molar-refractivity contribution in [2.45, 2.75) is 24.5 Å². The Bertz CT molecular complexity index is 564. The van der Waals surface area contributed by atoms with Crippen LogP contribution in [0.4, 0.5) is 5.82 Å². The Hall–Kier alpha value is -1.48. The molecule has 0 bridgehead atoms. The van der Waals surface area contributed by atoms with Crippen LogP contribution in [-0.2, 0) is 9.47 Å². The van der Waals surface area contributed by atoms with Crippen molar-refractivity contribution < 1.29 is 23.8 Å². The zero-order chi connectivity index (χ0) is 15.8. The average Bonchev–Trinajstić information content (AvgIpc) is 2.65. The number of anilines is 1. The van der Waals surface area contributed by atoms with Crippen molar-refractivity contribution >= 4 is 5.82 Å². The quantitative estimate of drug-likeness (QED) is 0.580. The third kappa shape index (κ3) is 2.10. The minimum atomic E-state index is -2.80. The number of nitrogens with zero attached hydrogens (tertiary/aromatic N) is 2. The molecule has 2 rings (SSSR count). The van der Waals surface area contributed by atoms with E-state index in [2.05, 4.69) is 4.98 Å². The van der Waals surface area contributed by atoms with Crippen molar-refractivity contribution in [3.05, 3.63) is 22.7 Å². The van der Waals surface area contributed by atoms with Gasteiger partial charge in [-0.25, -0.2) is 4.79 Å². The van der Waals surface area contributed by atoms with E-state index in [1.165, 1.54) is 12.3 Å². The van der Waals surface area contributed by atoms with E-state index in [9.17, 15) is 9.90 Å².